The summed E-state index contributed by atoms with van der Waals surface area (Å²) in [6, 6.07) is 0. The van der Waals surface area contributed by atoms with Crippen LogP contribution in [0.5, 0.6) is 0 Å². The Balaban J connectivity index is 1.51. The zero-order valence-corrected chi connectivity index (χ0v) is 32.2. The number of Topliss-reactive ketones (excluding diaryl/α,β-unsaturated/α-hetero) is 1. The maximum atomic E-state index is 12.6. The van der Waals surface area contributed by atoms with Crippen LogP contribution in [0.15, 0.2) is 12.7 Å². The predicted octanol–water partition coefficient (Wildman–Crippen LogP) is -1.36. The van der Waals surface area contributed by atoms with Gasteiger partial charge in [0.25, 0.3) is 5.12 Å². The molecule has 3 rings (SSSR count). The lowest BCUT2D eigenvalue weighted by atomic mass is 9.87. The van der Waals surface area contributed by atoms with Crippen molar-refractivity contribution in [2.24, 2.45) is 5.41 Å². The maximum absolute atomic E-state index is 12.6. The molecule has 7 unspecified atom stereocenters. The number of aliphatic hydroxyl groups is 2. The standard InChI is InChI=1S/C25H40N7O18P3S/c1-4-13(33)24(38)54-8-7-27-15(34)5-6-28-22(37)19(36)25(2,3)10-47-53(44,45)50-52(42,43)46-9-14-18(49-51(39,40)41)17(35)23(48-14)32-12-31-16-20(26)29-11-30-21(16)32/h11-12,14,17-19,23,35-36H,4-10H2,1-3H3,(H,27,34)(H,28,37)(H,42,43)(H,44,45)(H2,26,29,30)(H2,39,40,41). The molecule has 7 atom stereocenters. The van der Waals surface area contributed by atoms with E-state index >= 15 is 0 Å². The summed E-state index contributed by atoms with van der Waals surface area (Å²) >= 11 is 0.753. The number of hydrogen-bond acceptors (Lipinski definition) is 19. The third-order valence-corrected chi connectivity index (χ3v) is 11.3. The van der Waals surface area contributed by atoms with Gasteiger partial charge in [0.1, 0.15) is 36.3 Å². The highest BCUT2D eigenvalue weighted by Gasteiger charge is 2.50. The van der Waals surface area contributed by atoms with E-state index in [2.05, 4.69) is 34.4 Å². The second-order valence-electron chi connectivity index (χ2n) is 12.0. The number of ether oxygens (including phenoxy) is 1. The number of nitrogens with two attached hydrogens (primary N) is 1. The summed E-state index contributed by atoms with van der Waals surface area (Å²) in [6.07, 6.45) is -6.98. The molecule has 1 aliphatic rings. The van der Waals surface area contributed by atoms with Gasteiger partial charge in [0.2, 0.25) is 17.6 Å². The minimum absolute atomic E-state index is 0.0234. The van der Waals surface area contributed by atoms with E-state index in [9.17, 15) is 62.7 Å². The summed E-state index contributed by atoms with van der Waals surface area (Å²) in [4.78, 5) is 98.0. The number of rotatable bonds is 21. The summed E-state index contributed by atoms with van der Waals surface area (Å²) < 4.78 is 61.9. The van der Waals surface area contributed by atoms with Crippen molar-refractivity contribution in [2.45, 2.75) is 64.3 Å². The molecule has 0 spiro atoms. The maximum Gasteiger partial charge on any atom is 0.481 e. The predicted molar refractivity (Wildman–Crippen MR) is 182 cm³/mol. The SMILES string of the molecule is CCC(=O)C(=O)SCCNC(=O)CCNC(=O)C(O)C(C)(C)COP(=O)(O)OP(=O)(O)OCC1OC(n2cnc3c(N)ncnc32)C(O)C1OP(=O)(O)O. The third-order valence-electron chi connectivity index (χ3n) is 7.28. The van der Waals surface area contributed by atoms with Gasteiger partial charge in [-0.25, -0.2) is 28.6 Å². The lowest BCUT2D eigenvalue weighted by Crippen LogP contribution is -2.46. The Morgan fingerprint density at radius 3 is 2.37 bits per heavy atom. The molecule has 2 aromatic heterocycles. The van der Waals surface area contributed by atoms with Gasteiger partial charge in [-0.15, -0.1) is 0 Å². The Labute approximate surface area is 310 Å². The van der Waals surface area contributed by atoms with Crippen molar-refractivity contribution in [3.8, 4) is 0 Å². The first-order valence-electron chi connectivity index (χ1n) is 15.6. The van der Waals surface area contributed by atoms with Crippen molar-refractivity contribution in [1.82, 2.24) is 30.2 Å². The first-order chi connectivity index (χ1) is 25.0. The first kappa shape index (κ1) is 45.6. The van der Waals surface area contributed by atoms with Crippen molar-refractivity contribution in [3.05, 3.63) is 12.7 Å². The van der Waals surface area contributed by atoms with Crippen molar-refractivity contribution in [2.75, 3.05) is 37.8 Å². The number of nitrogens with zero attached hydrogens (tertiary/aromatic N) is 4. The quantitative estimate of drug-likeness (QED) is 0.0398. The second kappa shape index (κ2) is 18.9. The van der Waals surface area contributed by atoms with Crippen LogP contribution in [-0.2, 0) is 55.5 Å². The Kier molecular flexibility index (Phi) is 16.0. The number of anilines is 1. The topological polar surface area (TPSA) is 381 Å². The third kappa shape index (κ3) is 13.2. The van der Waals surface area contributed by atoms with Crippen LogP contribution in [0.3, 0.4) is 0 Å². The number of phosphoric ester groups is 3. The molecule has 25 nitrogen and oxygen atoms in total. The molecule has 0 saturated carbocycles. The Hall–Kier alpha value is -2.77. The van der Waals surface area contributed by atoms with Crippen LogP contribution < -0.4 is 16.4 Å². The number of carbonyl (C=O) groups excluding carboxylic acids is 4. The van der Waals surface area contributed by atoms with Gasteiger partial charge in [-0.2, -0.15) is 4.31 Å². The minimum atomic E-state index is -5.58. The van der Waals surface area contributed by atoms with Crippen molar-refractivity contribution in [1.29, 1.82) is 0 Å². The van der Waals surface area contributed by atoms with Crippen LogP contribution in [0.2, 0.25) is 0 Å². The summed E-state index contributed by atoms with van der Waals surface area (Å²) in [7, 11) is -16.4. The molecule has 10 N–H and O–H groups in total. The van der Waals surface area contributed by atoms with E-state index in [1.807, 2.05) is 0 Å². The molecular weight excluding hydrogens is 811 g/mol. The van der Waals surface area contributed by atoms with E-state index in [0.717, 1.165) is 29.0 Å². The number of imidazole rings is 1. The molecule has 2 amide bonds. The van der Waals surface area contributed by atoms with Crippen LogP contribution in [0, 0.1) is 5.41 Å². The van der Waals surface area contributed by atoms with E-state index in [4.69, 9.17) is 19.5 Å². The molecule has 0 aliphatic carbocycles. The molecule has 304 valence electrons. The number of aromatic nitrogens is 4. The molecule has 0 aromatic carbocycles. The monoisotopic (exact) mass is 851 g/mol. The second-order valence-corrected chi connectivity index (χ2v) is 17.3. The fraction of sp³-hybridized carbons (Fsp3) is 0.640. The highest BCUT2D eigenvalue weighted by atomic mass is 32.2. The molecule has 1 aliphatic heterocycles. The molecule has 54 heavy (non-hydrogen) atoms. The van der Waals surface area contributed by atoms with Crippen LogP contribution in [0.1, 0.15) is 39.8 Å². The van der Waals surface area contributed by atoms with Gasteiger partial charge in [0.15, 0.2) is 17.7 Å². The number of nitrogens with one attached hydrogen (secondary N) is 2. The Morgan fingerprint density at radius 2 is 1.72 bits per heavy atom. The number of aliphatic hydroxyl groups excluding tert-OH is 2. The number of nitrogen functional groups attached to an aromatic ring is 1. The van der Waals surface area contributed by atoms with Crippen LogP contribution >= 0.6 is 35.2 Å². The zero-order chi connectivity index (χ0) is 40.6. The lowest BCUT2D eigenvalue weighted by Gasteiger charge is -2.30. The highest BCUT2D eigenvalue weighted by molar-refractivity contribution is 8.15. The number of amides is 2. The highest BCUT2D eigenvalue weighted by Crippen LogP contribution is 2.61. The van der Waals surface area contributed by atoms with Crippen LogP contribution in [-0.4, -0.2) is 128 Å². The van der Waals surface area contributed by atoms with Gasteiger partial charge in [-0.05, 0) is 0 Å². The fourth-order valence-corrected chi connectivity index (χ4v) is 8.02. The zero-order valence-electron chi connectivity index (χ0n) is 28.7. The van der Waals surface area contributed by atoms with Crippen molar-refractivity contribution < 1.29 is 85.3 Å². The van der Waals surface area contributed by atoms with E-state index in [-0.39, 0.29) is 48.7 Å². The largest absolute Gasteiger partial charge is 0.481 e. The van der Waals surface area contributed by atoms with Gasteiger partial charge in [-0.3, -0.25) is 37.3 Å². The number of ketones is 1. The molecule has 1 fully saturated rings. The smallest absolute Gasteiger partial charge is 0.386 e. The molecule has 1 saturated heterocycles. The summed E-state index contributed by atoms with van der Waals surface area (Å²) in [5.74, 6) is -1.96. The molecule has 2 aromatic rings. The van der Waals surface area contributed by atoms with Crippen molar-refractivity contribution in [3.63, 3.8) is 0 Å². The Bertz CT molecular complexity index is 1830. The van der Waals surface area contributed by atoms with E-state index in [0.29, 0.717) is 0 Å². The first-order valence-corrected chi connectivity index (χ1v) is 21.1. The molecule has 29 heteroatoms. The normalized spacial score (nSPS) is 21.9. The van der Waals surface area contributed by atoms with Gasteiger partial charge >= 0.3 is 23.5 Å². The van der Waals surface area contributed by atoms with Gasteiger partial charge < -0.3 is 50.9 Å². The molecule has 3 heterocycles. The number of phosphoric acid groups is 3. The van der Waals surface area contributed by atoms with E-state index in [1.165, 1.54) is 13.8 Å². The fourth-order valence-electron chi connectivity index (χ4n) is 4.50. The average molecular weight is 852 g/mol. The summed E-state index contributed by atoms with van der Waals surface area (Å²) in [5, 5.41) is 25.5. The van der Waals surface area contributed by atoms with Crippen molar-refractivity contribution >= 4 is 74.9 Å². The average Bonchev–Trinajstić information content (AvgIpc) is 3.64. The van der Waals surface area contributed by atoms with Crippen LogP contribution in [0.4, 0.5) is 5.82 Å². The van der Waals surface area contributed by atoms with E-state index < -0.39 is 95.5 Å². The number of carbonyl (C=O) groups is 4. The summed E-state index contributed by atoms with van der Waals surface area (Å²) in [5.41, 5.74) is 4.22. The molecule has 0 radical (unpaired) electrons. The van der Waals surface area contributed by atoms with Gasteiger partial charge in [-0.1, -0.05) is 32.5 Å². The van der Waals surface area contributed by atoms with Gasteiger partial charge in [0, 0.05) is 37.1 Å². The van der Waals surface area contributed by atoms with Crippen LogP contribution in [0.25, 0.3) is 11.2 Å². The number of thioether (sulfide) groups is 1. The Morgan fingerprint density at radius 1 is 1.06 bits per heavy atom. The molecular formula is C25H40N7O18P3S. The van der Waals surface area contributed by atoms with E-state index in [1.54, 1.807) is 6.92 Å². The van der Waals surface area contributed by atoms with Gasteiger partial charge in [0.05, 0.1) is 19.5 Å². The summed E-state index contributed by atoms with van der Waals surface area (Å²) in [6.45, 7) is 1.78. The number of hydrogen-bond donors (Lipinski definition) is 9. The lowest BCUT2D eigenvalue weighted by molar-refractivity contribution is -0.137. The number of fused-ring (bicyclic) bond motifs is 1. The molecule has 0 bridgehead atoms. The minimum Gasteiger partial charge on any atom is -0.386 e.